The second-order valence-electron chi connectivity index (χ2n) is 28.5. The maximum atomic E-state index is 15.0. The molecule has 2 aromatic carbocycles. The minimum Gasteiger partial charge on any atom is -0.354 e. The highest BCUT2D eigenvalue weighted by Gasteiger charge is 2.47. The number of benzene rings is 2. The van der Waals surface area contributed by atoms with Gasteiger partial charge in [0.25, 0.3) is 0 Å². The van der Waals surface area contributed by atoms with E-state index >= 15 is 4.79 Å². The van der Waals surface area contributed by atoms with Crippen molar-refractivity contribution >= 4 is 82.5 Å². The zero-order valence-electron chi connectivity index (χ0n) is 61.4. The van der Waals surface area contributed by atoms with E-state index in [1.165, 1.54) is 73.7 Å². The van der Waals surface area contributed by atoms with Gasteiger partial charge in [-0.2, -0.15) is 26.3 Å². The van der Waals surface area contributed by atoms with Gasteiger partial charge >= 0.3 is 12.4 Å². The largest absolute Gasteiger partial charge is 0.417 e. The fourth-order valence-corrected chi connectivity index (χ4v) is 13.9. The fourth-order valence-electron chi connectivity index (χ4n) is 13.6. The monoisotopic (exact) mass is 1480 g/mol. The molecular weight excluding hydrogens is 1370 g/mol. The van der Waals surface area contributed by atoms with Gasteiger partial charge in [-0.25, -0.2) is 0 Å². The molecule has 11 atom stereocenters. The number of amides is 12. The number of carbonyl (C=O) groups excluding carboxylic acids is 12. The number of hydrogen-bond donors (Lipinski definition) is 3. The van der Waals surface area contributed by atoms with Gasteiger partial charge in [0.1, 0.15) is 54.4 Å². The Balaban J connectivity index is 1.38. The molecule has 24 nitrogen and oxygen atoms in total. The van der Waals surface area contributed by atoms with E-state index < -0.39 is 185 Å². The van der Waals surface area contributed by atoms with Gasteiger partial charge in [0, 0.05) is 87.9 Å². The van der Waals surface area contributed by atoms with Crippen LogP contribution in [0.1, 0.15) is 154 Å². The second kappa shape index (κ2) is 36.6. The molecule has 4 heterocycles. The molecule has 4 saturated heterocycles. The van der Waals surface area contributed by atoms with E-state index in [1.807, 2.05) is 20.8 Å². The van der Waals surface area contributed by atoms with Crippen LogP contribution in [-0.4, -0.2) is 251 Å². The van der Waals surface area contributed by atoms with Crippen molar-refractivity contribution in [2.75, 3.05) is 81.6 Å². The standard InChI is InChI=1S/C72H103ClF6N12O12/c1-14-43(5)60-69(102)84(9)45(7)64(97)91-36-31-53(91)67(100)86(11)55(39-47-23-27-48(28-24-47)71(74,75)76)66(99)83(8)41-57(92)81-51(30-26-46-25-29-49(50(73)38-46)72(77,78)79)65(98)90-35-20-21-52(90)62(95)80-32-17-16-22-58(93)88(13)61(44(6)15-2)70(103)87(12)56(68(101)89-33-18-19-34-89)40-59(94)85(10)54(37-42(3)4)63(96)82-60/h23-25,27-29,38,42-45,51-56,60-61H,14-22,26,30-37,39-41H2,1-13H3,(H,80,95)(H,81,92)(H,82,96)/t43-,44-,45-,51-,52-,53-,54-,55-,56+,60-,61-/m0/s1. The molecule has 0 spiro atoms. The summed E-state index contributed by atoms with van der Waals surface area (Å²) in [6.45, 7) is 12.3. The lowest BCUT2D eigenvalue weighted by Gasteiger charge is -2.45. The van der Waals surface area contributed by atoms with Crippen molar-refractivity contribution in [3.05, 3.63) is 69.7 Å². The lowest BCUT2D eigenvalue weighted by Crippen LogP contribution is -2.65. The Kier molecular flexibility index (Phi) is 29.8. The van der Waals surface area contributed by atoms with Crippen LogP contribution in [0.5, 0.6) is 0 Å². The van der Waals surface area contributed by atoms with Gasteiger partial charge in [-0.15, -0.1) is 0 Å². The van der Waals surface area contributed by atoms with Gasteiger partial charge in [-0.1, -0.05) is 84.2 Å². The molecule has 0 saturated carbocycles. The van der Waals surface area contributed by atoms with E-state index in [0.717, 1.165) is 57.2 Å². The molecular formula is C72H103ClF6N12O12. The number of hydrogen-bond acceptors (Lipinski definition) is 12. The molecule has 0 unspecified atom stereocenters. The zero-order valence-corrected chi connectivity index (χ0v) is 62.1. The number of likely N-dealkylation sites (tertiary alicyclic amines) is 1. The van der Waals surface area contributed by atoms with Crippen molar-refractivity contribution in [3.63, 3.8) is 0 Å². The third kappa shape index (κ3) is 21.1. The predicted molar refractivity (Wildman–Crippen MR) is 370 cm³/mol. The van der Waals surface area contributed by atoms with Crippen LogP contribution in [0.4, 0.5) is 26.3 Å². The number of rotatable bonds is 12. The molecule has 3 N–H and O–H groups in total. The van der Waals surface area contributed by atoms with Crippen LogP contribution in [0.3, 0.4) is 0 Å². The molecule has 0 aliphatic carbocycles. The summed E-state index contributed by atoms with van der Waals surface area (Å²) in [6, 6.07) is -4.80. The smallest absolute Gasteiger partial charge is 0.354 e. The van der Waals surface area contributed by atoms with Gasteiger partial charge in [0.2, 0.25) is 70.9 Å². The molecule has 0 bridgehead atoms. The topological polar surface area (TPSA) is 270 Å². The normalized spacial score (nSPS) is 25.7. The van der Waals surface area contributed by atoms with Crippen LogP contribution in [0.2, 0.25) is 5.02 Å². The summed E-state index contributed by atoms with van der Waals surface area (Å²) < 4.78 is 82.8. The summed E-state index contributed by atoms with van der Waals surface area (Å²) in [6.07, 6.45) is -7.67. The number of nitrogens with zero attached hydrogens (tertiary/aromatic N) is 9. The first-order chi connectivity index (χ1) is 48.2. The Morgan fingerprint density at radius 3 is 1.79 bits per heavy atom. The molecule has 4 fully saturated rings. The number of fused-ring (bicyclic) bond motifs is 2. The number of halogens is 7. The predicted octanol–water partition coefficient (Wildman–Crippen LogP) is 6.18. The van der Waals surface area contributed by atoms with E-state index in [9.17, 15) is 79.1 Å². The van der Waals surface area contributed by atoms with E-state index in [2.05, 4.69) is 16.0 Å². The van der Waals surface area contributed by atoms with E-state index in [4.69, 9.17) is 11.6 Å². The first-order valence-electron chi connectivity index (χ1n) is 35.6. The minimum absolute atomic E-state index is 0.00800. The molecule has 4 aliphatic rings. The number of nitrogens with one attached hydrogen (secondary N) is 3. The van der Waals surface area contributed by atoms with Gasteiger partial charge < -0.3 is 60.0 Å². The fraction of sp³-hybridized carbons (Fsp3) is 0.667. The Morgan fingerprint density at radius 2 is 1.21 bits per heavy atom. The lowest BCUT2D eigenvalue weighted by molar-refractivity contribution is -0.160. The third-order valence-electron chi connectivity index (χ3n) is 20.9. The molecule has 2 aromatic rings. The average molecular weight is 1480 g/mol. The lowest BCUT2D eigenvalue weighted by atomic mass is 9.94. The van der Waals surface area contributed by atoms with E-state index in [0.29, 0.717) is 45.2 Å². The summed E-state index contributed by atoms with van der Waals surface area (Å²) >= 11 is 6.08. The molecule has 6 rings (SSSR count). The van der Waals surface area contributed by atoms with Crippen molar-refractivity contribution in [1.82, 2.24) is 60.0 Å². The summed E-state index contributed by atoms with van der Waals surface area (Å²) in [5.74, 6) is -9.52. The van der Waals surface area contributed by atoms with Crippen molar-refractivity contribution in [1.29, 1.82) is 0 Å². The summed E-state index contributed by atoms with van der Waals surface area (Å²) in [7, 11) is 8.10. The number of aryl methyl sites for hydroxylation is 1. The van der Waals surface area contributed by atoms with Crippen LogP contribution in [0.15, 0.2) is 42.5 Å². The Bertz CT molecular complexity index is 3390. The second-order valence-corrected chi connectivity index (χ2v) is 28.9. The van der Waals surface area contributed by atoms with Gasteiger partial charge in [-0.3, -0.25) is 57.5 Å². The molecule has 31 heteroatoms. The number of alkyl halides is 6. The van der Waals surface area contributed by atoms with E-state index in [-0.39, 0.29) is 88.0 Å². The van der Waals surface area contributed by atoms with Crippen molar-refractivity contribution < 1.29 is 83.9 Å². The molecule has 572 valence electrons. The highest BCUT2D eigenvalue weighted by Crippen LogP contribution is 2.36. The van der Waals surface area contributed by atoms with Gasteiger partial charge in [0.15, 0.2) is 0 Å². The number of carbonyl (C=O) groups is 12. The molecule has 0 aromatic heterocycles. The third-order valence-corrected chi connectivity index (χ3v) is 21.2. The van der Waals surface area contributed by atoms with Gasteiger partial charge in [-0.05, 0) is 124 Å². The number of likely N-dealkylation sites (N-methyl/N-ethyl adjacent to an activating group) is 6. The van der Waals surface area contributed by atoms with Crippen LogP contribution in [0, 0.1) is 17.8 Å². The Labute approximate surface area is 604 Å². The summed E-state index contributed by atoms with van der Waals surface area (Å²) in [4.78, 5) is 187. The van der Waals surface area contributed by atoms with Crippen LogP contribution >= 0.6 is 11.6 Å². The van der Waals surface area contributed by atoms with Crippen LogP contribution in [0.25, 0.3) is 0 Å². The minimum atomic E-state index is -4.79. The first-order valence-corrected chi connectivity index (χ1v) is 36.0. The maximum absolute atomic E-state index is 15.0. The maximum Gasteiger partial charge on any atom is 0.417 e. The van der Waals surface area contributed by atoms with Crippen molar-refractivity contribution in [2.24, 2.45) is 17.8 Å². The Morgan fingerprint density at radius 1 is 0.592 bits per heavy atom. The molecule has 0 radical (unpaired) electrons. The van der Waals surface area contributed by atoms with E-state index in [1.54, 1.807) is 25.7 Å². The highest BCUT2D eigenvalue weighted by molar-refractivity contribution is 6.31. The first kappa shape index (κ1) is 83.9. The molecule has 103 heavy (non-hydrogen) atoms. The van der Waals surface area contributed by atoms with Crippen LogP contribution < -0.4 is 16.0 Å². The summed E-state index contributed by atoms with van der Waals surface area (Å²) in [5, 5.41) is 7.72. The highest BCUT2D eigenvalue weighted by atomic mass is 35.5. The molecule has 12 amide bonds. The summed E-state index contributed by atoms with van der Waals surface area (Å²) in [5.41, 5.74) is -1.71. The SMILES string of the molecule is CC[C@H](C)[C@@H]1NC(=O)[C@H](CC(C)C)N(C)C(=O)C[C@H](C(=O)N2CCCC2)N(C)C(=O)[C@H]([C@@H](C)CC)N(C)C(=O)CCCCNC(=O)[C@@H]2CCCN2C(=O)[C@H](CCc2ccc(C(F)(F)F)c(Cl)c2)NC(=O)CN(C)C(=O)[C@H](Cc2ccc(C(F)(F)F)cc2)N(C)C(=O)[C@@H]2CCN2C(=O)[C@H](C)N(C)C1=O. The molecule has 4 aliphatic heterocycles. The van der Waals surface area contributed by atoms with Crippen molar-refractivity contribution in [3.8, 4) is 0 Å². The Hall–Kier alpha value is -8.05. The average Bonchev–Trinajstić information content (AvgIpc) is 1.37. The van der Waals surface area contributed by atoms with Crippen LogP contribution in [-0.2, 0) is 82.7 Å². The van der Waals surface area contributed by atoms with Crippen molar-refractivity contribution in [2.45, 2.75) is 212 Å². The quantitative estimate of drug-likeness (QED) is 0.201. The van der Waals surface area contributed by atoms with Gasteiger partial charge in [0.05, 0.1) is 29.1 Å². The zero-order chi connectivity index (χ0) is 76.9.